The average Bonchev–Trinajstić information content (AvgIpc) is 2.53. The lowest BCUT2D eigenvalue weighted by atomic mass is 9.90. The minimum Gasteiger partial charge on any atom is -0.497 e. The van der Waals surface area contributed by atoms with Crippen LogP contribution in [0.2, 0.25) is 0 Å². The fourth-order valence-electron chi connectivity index (χ4n) is 2.94. The van der Waals surface area contributed by atoms with E-state index in [-0.39, 0.29) is 5.82 Å². The van der Waals surface area contributed by atoms with Gasteiger partial charge in [0.05, 0.1) is 7.11 Å². The van der Waals surface area contributed by atoms with E-state index >= 15 is 0 Å². The van der Waals surface area contributed by atoms with Crippen molar-refractivity contribution in [3.8, 4) is 5.75 Å². The molecule has 0 radical (unpaired) electrons. The number of methoxy groups -OCH3 is 1. The van der Waals surface area contributed by atoms with Crippen LogP contribution in [0.1, 0.15) is 29.5 Å². The first-order chi connectivity index (χ1) is 10.3. The number of nitrogens with one attached hydrogen (secondary N) is 1. The van der Waals surface area contributed by atoms with Crippen LogP contribution in [0.25, 0.3) is 0 Å². The molecular weight excluding hydrogens is 265 g/mol. The van der Waals surface area contributed by atoms with Gasteiger partial charge in [0, 0.05) is 23.9 Å². The van der Waals surface area contributed by atoms with Crippen LogP contribution in [-0.4, -0.2) is 7.11 Å². The normalized spacial score (nSPS) is 13.6. The van der Waals surface area contributed by atoms with Crippen LogP contribution in [-0.2, 0) is 19.4 Å². The molecule has 2 aromatic rings. The van der Waals surface area contributed by atoms with Crippen LogP contribution >= 0.6 is 0 Å². The molecule has 0 bridgehead atoms. The van der Waals surface area contributed by atoms with Gasteiger partial charge in [-0.3, -0.25) is 0 Å². The Labute approximate surface area is 125 Å². The molecule has 0 heterocycles. The zero-order valence-electron chi connectivity index (χ0n) is 12.3. The number of aryl methyl sites for hydroxylation is 1. The Kier molecular flexibility index (Phi) is 4.09. The molecular formula is C18H20FNO. The molecule has 2 nitrogen and oxygen atoms in total. The van der Waals surface area contributed by atoms with E-state index in [1.807, 2.05) is 0 Å². The third-order valence-electron chi connectivity index (χ3n) is 4.13. The van der Waals surface area contributed by atoms with Gasteiger partial charge in [-0.15, -0.1) is 0 Å². The second-order valence-corrected chi connectivity index (χ2v) is 5.46. The van der Waals surface area contributed by atoms with Crippen LogP contribution in [0.3, 0.4) is 0 Å². The zero-order chi connectivity index (χ0) is 14.7. The molecule has 1 aliphatic carbocycles. The quantitative estimate of drug-likeness (QED) is 0.903. The molecule has 2 aromatic carbocycles. The summed E-state index contributed by atoms with van der Waals surface area (Å²) in [5.41, 5.74) is 4.63. The summed E-state index contributed by atoms with van der Waals surface area (Å²) in [5.74, 6) is 0.319. The highest BCUT2D eigenvalue weighted by molar-refractivity contribution is 5.56. The highest BCUT2D eigenvalue weighted by Gasteiger charge is 2.13. The summed E-state index contributed by atoms with van der Waals surface area (Å²) in [6, 6.07) is 11.4. The molecule has 0 aromatic heterocycles. The number of hydrogen-bond donors (Lipinski definition) is 1. The second kappa shape index (κ2) is 6.17. The molecule has 1 aliphatic rings. The van der Waals surface area contributed by atoms with E-state index in [0.717, 1.165) is 18.5 Å². The third-order valence-corrected chi connectivity index (χ3v) is 4.13. The van der Waals surface area contributed by atoms with Crippen molar-refractivity contribution in [3.63, 3.8) is 0 Å². The van der Waals surface area contributed by atoms with Crippen LogP contribution in [0.4, 0.5) is 10.1 Å². The van der Waals surface area contributed by atoms with Gasteiger partial charge in [0.1, 0.15) is 11.6 Å². The van der Waals surface area contributed by atoms with Crippen LogP contribution in [0, 0.1) is 5.82 Å². The molecule has 110 valence electrons. The minimum atomic E-state index is -0.230. The predicted octanol–water partition coefficient (Wildman–Crippen LogP) is 4.33. The predicted molar refractivity (Wildman–Crippen MR) is 83.4 cm³/mol. The third kappa shape index (κ3) is 3.02. The minimum absolute atomic E-state index is 0.230. The van der Waals surface area contributed by atoms with E-state index in [1.54, 1.807) is 19.2 Å². The van der Waals surface area contributed by atoms with Crippen molar-refractivity contribution in [2.75, 3.05) is 12.4 Å². The number of ether oxygens (including phenoxy) is 1. The number of anilines is 1. The Balaban J connectivity index is 1.76. The summed E-state index contributed by atoms with van der Waals surface area (Å²) >= 11 is 0. The number of rotatable bonds is 4. The molecule has 0 saturated heterocycles. The molecule has 0 fully saturated rings. The number of hydrogen-bond acceptors (Lipinski definition) is 2. The Morgan fingerprint density at radius 3 is 2.81 bits per heavy atom. The summed E-state index contributed by atoms with van der Waals surface area (Å²) in [5, 5.41) is 3.39. The van der Waals surface area contributed by atoms with Gasteiger partial charge in [0.2, 0.25) is 0 Å². The van der Waals surface area contributed by atoms with Gasteiger partial charge in [-0.2, -0.15) is 0 Å². The van der Waals surface area contributed by atoms with Gasteiger partial charge in [0.25, 0.3) is 0 Å². The van der Waals surface area contributed by atoms with Crippen LogP contribution in [0.5, 0.6) is 5.75 Å². The van der Waals surface area contributed by atoms with E-state index in [9.17, 15) is 4.39 Å². The number of benzene rings is 2. The van der Waals surface area contributed by atoms with E-state index in [1.165, 1.54) is 30.0 Å². The first kappa shape index (κ1) is 13.9. The molecule has 0 unspecified atom stereocenters. The number of halogens is 1. The summed E-state index contributed by atoms with van der Waals surface area (Å²) in [4.78, 5) is 0. The lowest BCUT2D eigenvalue weighted by molar-refractivity contribution is 0.411. The maximum absolute atomic E-state index is 14.0. The summed E-state index contributed by atoms with van der Waals surface area (Å²) in [6.07, 6.45) is 4.78. The Morgan fingerprint density at radius 1 is 1.14 bits per heavy atom. The molecule has 3 heteroatoms. The average molecular weight is 285 g/mol. The smallest absolute Gasteiger partial charge is 0.131 e. The van der Waals surface area contributed by atoms with E-state index in [0.29, 0.717) is 17.9 Å². The molecule has 21 heavy (non-hydrogen) atoms. The molecule has 0 spiro atoms. The van der Waals surface area contributed by atoms with Gasteiger partial charge < -0.3 is 10.1 Å². The lowest BCUT2D eigenvalue weighted by Crippen LogP contribution is -2.09. The van der Waals surface area contributed by atoms with Crippen LogP contribution in [0.15, 0.2) is 36.4 Å². The second-order valence-electron chi connectivity index (χ2n) is 5.46. The van der Waals surface area contributed by atoms with Crippen molar-refractivity contribution in [2.45, 2.75) is 32.2 Å². The van der Waals surface area contributed by atoms with Gasteiger partial charge in [-0.1, -0.05) is 18.2 Å². The maximum Gasteiger partial charge on any atom is 0.131 e. The van der Waals surface area contributed by atoms with Crippen molar-refractivity contribution in [1.29, 1.82) is 0 Å². The van der Waals surface area contributed by atoms with Gasteiger partial charge in [0.15, 0.2) is 0 Å². The SMILES string of the molecule is COc1ccc(CNc2cccc3c2CCCC3)c(F)c1. The van der Waals surface area contributed by atoms with Gasteiger partial charge in [-0.25, -0.2) is 4.39 Å². The Hall–Kier alpha value is -2.03. The fraction of sp³-hybridized carbons (Fsp3) is 0.333. The van der Waals surface area contributed by atoms with Crippen molar-refractivity contribution in [3.05, 3.63) is 58.9 Å². The lowest BCUT2D eigenvalue weighted by Gasteiger charge is -2.20. The zero-order valence-corrected chi connectivity index (χ0v) is 12.3. The molecule has 0 aliphatic heterocycles. The first-order valence-corrected chi connectivity index (χ1v) is 7.45. The molecule has 0 amide bonds. The van der Waals surface area contributed by atoms with E-state index < -0.39 is 0 Å². The molecule has 0 atom stereocenters. The molecule has 3 rings (SSSR count). The van der Waals surface area contributed by atoms with Crippen molar-refractivity contribution in [2.24, 2.45) is 0 Å². The fourth-order valence-corrected chi connectivity index (χ4v) is 2.94. The maximum atomic E-state index is 14.0. The highest BCUT2D eigenvalue weighted by atomic mass is 19.1. The summed E-state index contributed by atoms with van der Waals surface area (Å²) < 4.78 is 19.0. The van der Waals surface area contributed by atoms with Crippen molar-refractivity contribution >= 4 is 5.69 Å². The van der Waals surface area contributed by atoms with Gasteiger partial charge in [-0.05, 0) is 48.9 Å². The van der Waals surface area contributed by atoms with Gasteiger partial charge >= 0.3 is 0 Å². The van der Waals surface area contributed by atoms with Crippen molar-refractivity contribution < 1.29 is 9.13 Å². The monoisotopic (exact) mass is 285 g/mol. The van der Waals surface area contributed by atoms with Crippen LogP contribution < -0.4 is 10.1 Å². The Bertz CT molecular complexity index is 639. The largest absolute Gasteiger partial charge is 0.497 e. The first-order valence-electron chi connectivity index (χ1n) is 7.45. The number of fused-ring (bicyclic) bond motifs is 1. The standard InChI is InChI=1S/C18H20FNO/c1-21-15-10-9-14(17(19)11-15)12-20-18-8-4-6-13-5-2-3-7-16(13)18/h4,6,8-11,20H,2-3,5,7,12H2,1H3. The van der Waals surface area contributed by atoms with Crippen molar-refractivity contribution in [1.82, 2.24) is 0 Å². The molecule has 1 N–H and O–H groups in total. The highest BCUT2D eigenvalue weighted by Crippen LogP contribution is 2.28. The Morgan fingerprint density at radius 2 is 2.00 bits per heavy atom. The van der Waals surface area contributed by atoms with E-state index in [2.05, 4.69) is 23.5 Å². The summed E-state index contributed by atoms with van der Waals surface area (Å²) in [6.45, 7) is 0.492. The molecule has 0 saturated carbocycles. The topological polar surface area (TPSA) is 21.3 Å². The van der Waals surface area contributed by atoms with E-state index in [4.69, 9.17) is 4.74 Å². The summed E-state index contributed by atoms with van der Waals surface area (Å²) in [7, 11) is 1.54.